The molecule has 0 aliphatic carbocycles. The molecule has 0 aliphatic rings. The van der Waals surface area contributed by atoms with E-state index in [2.05, 4.69) is 39.4 Å². The molecule has 0 bridgehead atoms. The Balaban J connectivity index is 1.48. The Morgan fingerprint density at radius 1 is 0.906 bits per heavy atom. The van der Waals surface area contributed by atoms with Crippen LogP contribution in [0.5, 0.6) is 5.75 Å². The minimum absolute atomic E-state index is 0.370. The zero-order valence-electron chi connectivity index (χ0n) is 17.8. The summed E-state index contributed by atoms with van der Waals surface area (Å²) in [4.78, 5) is 14.2. The number of nitrogens with one attached hydrogen (secondary N) is 1. The molecule has 0 saturated carbocycles. The maximum absolute atomic E-state index is 11.9. The molecule has 0 atom stereocenters. The standard InChI is InChI=1S/C26H26N4O2/c27-26(31)24-12-11-22(23-16-28-29-17-23)15-25(24)32-14-13-30(18-20-7-3-1-4-8-20)19-21-9-5-2-6-10-21/h1-12,15-17H,13-14,18-19H2,(H2,27,31)(H,28,29). The van der Waals surface area contributed by atoms with E-state index in [1.807, 2.05) is 48.5 Å². The molecule has 0 spiro atoms. The van der Waals surface area contributed by atoms with Gasteiger partial charge in [0.15, 0.2) is 0 Å². The number of amides is 1. The fourth-order valence-electron chi connectivity index (χ4n) is 3.62. The molecule has 0 aliphatic heterocycles. The van der Waals surface area contributed by atoms with Crippen LogP contribution in [-0.4, -0.2) is 34.2 Å². The van der Waals surface area contributed by atoms with Crippen LogP contribution in [0.25, 0.3) is 11.1 Å². The van der Waals surface area contributed by atoms with Crippen LogP contribution in [0.1, 0.15) is 21.5 Å². The number of carbonyl (C=O) groups is 1. The number of nitrogens with zero attached hydrogens (tertiary/aromatic N) is 2. The molecule has 1 amide bonds. The number of rotatable bonds is 10. The van der Waals surface area contributed by atoms with Crippen molar-refractivity contribution in [1.29, 1.82) is 0 Å². The maximum atomic E-state index is 11.9. The molecule has 3 aromatic carbocycles. The van der Waals surface area contributed by atoms with Gasteiger partial charge < -0.3 is 10.5 Å². The van der Waals surface area contributed by atoms with E-state index < -0.39 is 5.91 Å². The first kappa shape index (κ1) is 21.3. The number of hydrogen-bond acceptors (Lipinski definition) is 4. The van der Waals surface area contributed by atoms with Crippen molar-refractivity contribution in [3.63, 3.8) is 0 Å². The van der Waals surface area contributed by atoms with Gasteiger partial charge >= 0.3 is 0 Å². The first-order valence-electron chi connectivity index (χ1n) is 10.5. The van der Waals surface area contributed by atoms with Gasteiger partial charge in [0.05, 0.1) is 11.8 Å². The second-order valence-electron chi connectivity index (χ2n) is 7.59. The number of benzene rings is 3. The lowest BCUT2D eigenvalue weighted by Gasteiger charge is -2.23. The fourth-order valence-corrected chi connectivity index (χ4v) is 3.62. The minimum Gasteiger partial charge on any atom is -0.491 e. The monoisotopic (exact) mass is 426 g/mol. The van der Waals surface area contributed by atoms with Crippen molar-refractivity contribution < 1.29 is 9.53 Å². The SMILES string of the molecule is NC(=O)c1ccc(-c2cn[nH]c2)cc1OCCN(Cc1ccccc1)Cc1ccccc1. The average molecular weight is 427 g/mol. The topological polar surface area (TPSA) is 84.2 Å². The van der Waals surface area contributed by atoms with Crippen molar-refractivity contribution in [3.05, 3.63) is 108 Å². The summed E-state index contributed by atoms with van der Waals surface area (Å²) >= 11 is 0. The van der Waals surface area contributed by atoms with Gasteiger partial charge in [0, 0.05) is 31.4 Å². The summed E-state index contributed by atoms with van der Waals surface area (Å²) in [5.74, 6) is -0.0280. The molecule has 0 saturated heterocycles. The molecule has 3 N–H and O–H groups in total. The molecule has 0 radical (unpaired) electrons. The van der Waals surface area contributed by atoms with E-state index in [-0.39, 0.29) is 0 Å². The van der Waals surface area contributed by atoms with Gasteiger partial charge in [0.25, 0.3) is 5.91 Å². The first-order chi connectivity index (χ1) is 15.7. The normalized spacial score (nSPS) is 10.9. The number of nitrogens with two attached hydrogens (primary N) is 1. The first-order valence-corrected chi connectivity index (χ1v) is 10.5. The van der Waals surface area contributed by atoms with Gasteiger partial charge in [-0.1, -0.05) is 66.7 Å². The summed E-state index contributed by atoms with van der Waals surface area (Å²) in [6, 6.07) is 26.1. The highest BCUT2D eigenvalue weighted by Crippen LogP contribution is 2.27. The molecule has 0 unspecified atom stereocenters. The number of hydrogen-bond donors (Lipinski definition) is 2. The van der Waals surface area contributed by atoms with Crippen molar-refractivity contribution in [1.82, 2.24) is 15.1 Å². The fraction of sp³-hybridized carbons (Fsp3) is 0.154. The van der Waals surface area contributed by atoms with E-state index in [9.17, 15) is 4.79 Å². The summed E-state index contributed by atoms with van der Waals surface area (Å²) in [5.41, 5.74) is 10.2. The molecular formula is C26H26N4O2. The Labute approximate surface area is 187 Å². The molecule has 1 heterocycles. The van der Waals surface area contributed by atoms with Crippen LogP contribution >= 0.6 is 0 Å². The second kappa shape index (κ2) is 10.4. The molecular weight excluding hydrogens is 400 g/mol. The van der Waals surface area contributed by atoms with Gasteiger partial charge in [-0.25, -0.2) is 0 Å². The van der Waals surface area contributed by atoms with Gasteiger partial charge in [-0.3, -0.25) is 14.8 Å². The smallest absolute Gasteiger partial charge is 0.252 e. The molecule has 6 nitrogen and oxygen atoms in total. The molecule has 162 valence electrons. The Morgan fingerprint density at radius 3 is 2.12 bits per heavy atom. The Bertz CT molecular complexity index is 1090. The van der Waals surface area contributed by atoms with Gasteiger partial charge in [-0.05, 0) is 28.8 Å². The average Bonchev–Trinajstić information content (AvgIpc) is 3.35. The summed E-state index contributed by atoms with van der Waals surface area (Å²) < 4.78 is 6.07. The highest BCUT2D eigenvalue weighted by Gasteiger charge is 2.13. The highest BCUT2D eigenvalue weighted by atomic mass is 16.5. The summed E-state index contributed by atoms with van der Waals surface area (Å²) in [6.07, 6.45) is 3.52. The lowest BCUT2D eigenvalue weighted by atomic mass is 10.1. The Hall–Kier alpha value is -3.90. The van der Waals surface area contributed by atoms with E-state index in [0.29, 0.717) is 24.5 Å². The van der Waals surface area contributed by atoms with Gasteiger partial charge in [-0.2, -0.15) is 5.10 Å². The van der Waals surface area contributed by atoms with Crippen molar-refractivity contribution in [2.45, 2.75) is 13.1 Å². The lowest BCUT2D eigenvalue weighted by Crippen LogP contribution is -2.28. The Kier molecular flexibility index (Phi) is 6.94. The molecule has 4 rings (SSSR count). The van der Waals surface area contributed by atoms with Crippen molar-refractivity contribution in [2.24, 2.45) is 5.73 Å². The highest BCUT2D eigenvalue weighted by molar-refractivity contribution is 5.96. The summed E-state index contributed by atoms with van der Waals surface area (Å²) in [5, 5.41) is 6.79. The van der Waals surface area contributed by atoms with Crippen LogP contribution in [0.3, 0.4) is 0 Å². The van der Waals surface area contributed by atoms with Crippen molar-refractivity contribution >= 4 is 5.91 Å². The maximum Gasteiger partial charge on any atom is 0.252 e. The van der Waals surface area contributed by atoms with E-state index in [1.54, 1.807) is 18.5 Å². The van der Waals surface area contributed by atoms with Gasteiger partial charge in [0.2, 0.25) is 0 Å². The van der Waals surface area contributed by atoms with Gasteiger partial charge in [0.1, 0.15) is 12.4 Å². The van der Waals surface area contributed by atoms with Crippen LogP contribution in [0.2, 0.25) is 0 Å². The number of H-pyrrole nitrogens is 1. The third-order valence-corrected chi connectivity index (χ3v) is 5.24. The molecule has 6 heteroatoms. The number of aromatic nitrogens is 2. The zero-order chi connectivity index (χ0) is 22.2. The minimum atomic E-state index is -0.510. The lowest BCUT2D eigenvalue weighted by molar-refractivity contribution is 0.0995. The zero-order valence-corrected chi connectivity index (χ0v) is 17.8. The van der Waals surface area contributed by atoms with Crippen LogP contribution in [0.15, 0.2) is 91.3 Å². The largest absolute Gasteiger partial charge is 0.491 e. The second-order valence-corrected chi connectivity index (χ2v) is 7.59. The molecule has 32 heavy (non-hydrogen) atoms. The van der Waals surface area contributed by atoms with Crippen molar-refractivity contribution in [3.8, 4) is 16.9 Å². The summed E-state index contributed by atoms with van der Waals surface area (Å²) in [7, 11) is 0. The third kappa shape index (κ3) is 5.62. The predicted molar refractivity (Wildman–Crippen MR) is 125 cm³/mol. The molecule has 4 aromatic rings. The van der Waals surface area contributed by atoms with Crippen LogP contribution in [-0.2, 0) is 13.1 Å². The van der Waals surface area contributed by atoms with E-state index in [0.717, 1.165) is 24.2 Å². The van der Waals surface area contributed by atoms with E-state index in [1.165, 1.54) is 11.1 Å². The predicted octanol–water partition coefficient (Wildman–Crippen LogP) is 4.26. The van der Waals surface area contributed by atoms with Crippen LogP contribution in [0, 0.1) is 0 Å². The Morgan fingerprint density at radius 2 is 1.56 bits per heavy atom. The number of primary amides is 1. The third-order valence-electron chi connectivity index (χ3n) is 5.24. The summed E-state index contributed by atoms with van der Waals surface area (Å²) in [6.45, 7) is 2.72. The van der Waals surface area contributed by atoms with Crippen LogP contribution < -0.4 is 10.5 Å². The van der Waals surface area contributed by atoms with Gasteiger partial charge in [-0.15, -0.1) is 0 Å². The number of aromatic amines is 1. The molecule has 0 fully saturated rings. The number of ether oxygens (including phenoxy) is 1. The van der Waals surface area contributed by atoms with Crippen molar-refractivity contribution in [2.75, 3.05) is 13.2 Å². The number of carbonyl (C=O) groups excluding carboxylic acids is 1. The van der Waals surface area contributed by atoms with Crippen LogP contribution in [0.4, 0.5) is 0 Å². The molecule has 1 aromatic heterocycles. The quantitative estimate of drug-likeness (QED) is 0.397. The van der Waals surface area contributed by atoms with E-state index in [4.69, 9.17) is 10.5 Å². The van der Waals surface area contributed by atoms with E-state index >= 15 is 0 Å².